The maximum Gasteiger partial charge on any atom is 0.266 e. The van der Waals surface area contributed by atoms with Gasteiger partial charge in [0.2, 0.25) is 5.91 Å². The first-order valence-corrected chi connectivity index (χ1v) is 12.0. The second-order valence-corrected chi connectivity index (χ2v) is 9.15. The van der Waals surface area contributed by atoms with Gasteiger partial charge in [0, 0.05) is 18.7 Å². The predicted octanol–water partition coefficient (Wildman–Crippen LogP) is 5.66. The number of para-hydroxylation sites is 1. The van der Waals surface area contributed by atoms with Crippen LogP contribution in [0, 0.1) is 0 Å². The number of amides is 2. The van der Waals surface area contributed by atoms with Crippen LogP contribution in [0.15, 0.2) is 53.4 Å². The quantitative estimate of drug-likeness (QED) is 0.277. The molecule has 0 unspecified atom stereocenters. The average Bonchev–Trinajstić information content (AvgIpc) is 3.07. The van der Waals surface area contributed by atoms with Crippen molar-refractivity contribution in [3.05, 3.63) is 64.6 Å². The second-order valence-electron chi connectivity index (χ2n) is 7.48. The molecule has 0 saturated carbocycles. The number of unbranched alkanes of at least 4 members (excludes halogenated alkanes) is 2. The first-order valence-electron chi connectivity index (χ1n) is 10.8. The molecule has 32 heavy (non-hydrogen) atoms. The lowest BCUT2D eigenvalue weighted by Crippen LogP contribution is -2.29. The summed E-state index contributed by atoms with van der Waals surface area (Å²) in [6.45, 7) is 2.65. The molecule has 1 fully saturated rings. The number of thioether (sulfide) groups is 1. The van der Waals surface area contributed by atoms with E-state index in [4.69, 9.17) is 17.0 Å². The molecule has 2 aromatic carbocycles. The molecule has 2 amide bonds. The zero-order valence-corrected chi connectivity index (χ0v) is 20.1. The number of carbonyl (C=O) groups excluding carboxylic acids is 2. The molecule has 168 valence electrons. The second kappa shape index (κ2) is 11.8. The van der Waals surface area contributed by atoms with Crippen molar-refractivity contribution in [3.63, 3.8) is 0 Å². The number of methoxy groups -OCH3 is 1. The molecule has 0 aromatic heterocycles. The number of carbonyl (C=O) groups is 2. The highest BCUT2D eigenvalue weighted by molar-refractivity contribution is 8.26. The number of nitrogens with one attached hydrogen (secondary N) is 1. The largest absolute Gasteiger partial charge is 0.497 e. The highest BCUT2D eigenvalue weighted by atomic mass is 32.2. The number of hydrogen-bond acceptors (Lipinski definition) is 5. The Kier molecular flexibility index (Phi) is 8.88. The van der Waals surface area contributed by atoms with Gasteiger partial charge in [0.05, 0.1) is 12.0 Å². The molecule has 2 aromatic rings. The number of thiocarbonyl (C=S) groups is 1. The molecule has 1 saturated heterocycles. The summed E-state index contributed by atoms with van der Waals surface area (Å²) in [4.78, 5) is 27.3. The topological polar surface area (TPSA) is 58.6 Å². The van der Waals surface area contributed by atoms with Gasteiger partial charge in [-0.2, -0.15) is 0 Å². The fraction of sp³-hybridized carbons (Fsp3) is 0.320. The number of aryl methyl sites for hydroxylation is 1. The van der Waals surface area contributed by atoms with E-state index in [2.05, 4.69) is 12.2 Å². The minimum atomic E-state index is -0.0512. The molecule has 3 rings (SSSR count). The minimum Gasteiger partial charge on any atom is -0.497 e. The average molecular weight is 469 g/mol. The summed E-state index contributed by atoms with van der Waals surface area (Å²) in [5.41, 5.74) is 2.96. The summed E-state index contributed by atoms with van der Waals surface area (Å²) in [5, 5.41) is 3.00. The molecule has 0 atom stereocenters. The van der Waals surface area contributed by atoms with Crippen LogP contribution < -0.4 is 10.1 Å². The van der Waals surface area contributed by atoms with Crippen molar-refractivity contribution in [2.45, 2.75) is 39.0 Å². The van der Waals surface area contributed by atoms with Gasteiger partial charge < -0.3 is 10.1 Å². The molecular formula is C25H28N2O3S2. The van der Waals surface area contributed by atoms with Crippen LogP contribution in [0.3, 0.4) is 0 Å². The van der Waals surface area contributed by atoms with Gasteiger partial charge >= 0.3 is 0 Å². The van der Waals surface area contributed by atoms with Crippen LogP contribution >= 0.6 is 24.0 Å². The summed E-state index contributed by atoms with van der Waals surface area (Å²) in [6.07, 6.45) is 5.65. The lowest BCUT2D eigenvalue weighted by atomic mass is 10.1. The van der Waals surface area contributed by atoms with Crippen molar-refractivity contribution in [2.75, 3.05) is 19.0 Å². The number of nitrogens with zero attached hydrogens (tertiary/aromatic N) is 1. The Morgan fingerprint density at radius 2 is 1.88 bits per heavy atom. The first-order chi connectivity index (χ1) is 15.5. The van der Waals surface area contributed by atoms with Gasteiger partial charge in [-0.25, -0.2) is 0 Å². The number of anilines is 1. The van der Waals surface area contributed by atoms with E-state index in [1.165, 1.54) is 11.8 Å². The predicted molar refractivity (Wildman–Crippen MR) is 136 cm³/mol. The standard InChI is InChI=1S/C25H28N2O3S2/c1-3-19-9-6-7-10-21(19)26-23(28)11-5-4-8-16-27-24(29)22(32-25(27)31)17-18-12-14-20(30-2)15-13-18/h6-7,9-10,12-15,17H,3-5,8,11,16H2,1-2H3,(H,26,28)/b22-17-. The summed E-state index contributed by atoms with van der Waals surface area (Å²) in [7, 11) is 1.62. The monoisotopic (exact) mass is 468 g/mol. The van der Waals surface area contributed by atoms with Crippen LogP contribution in [-0.2, 0) is 16.0 Å². The summed E-state index contributed by atoms with van der Waals surface area (Å²) in [6, 6.07) is 15.4. The first kappa shape index (κ1) is 24.0. The van der Waals surface area contributed by atoms with Crippen LogP contribution in [0.2, 0.25) is 0 Å². The SMILES string of the molecule is CCc1ccccc1NC(=O)CCCCCN1C(=O)/C(=C/c2ccc(OC)cc2)SC1=S. The number of hydrogen-bond donors (Lipinski definition) is 1. The Morgan fingerprint density at radius 3 is 2.59 bits per heavy atom. The van der Waals surface area contributed by atoms with Gasteiger partial charge in [-0.05, 0) is 54.7 Å². The Balaban J connectivity index is 1.42. The van der Waals surface area contributed by atoms with E-state index in [0.29, 0.717) is 22.2 Å². The normalized spacial score (nSPS) is 14.8. The molecule has 1 heterocycles. The maximum absolute atomic E-state index is 12.7. The molecule has 0 radical (unpaired) electrons. The van der Waals surface area contributed by atoms with Gasteiger partial charge in [0.15, 0.2) is 0 Å². The van der Waals surface area contributed by atoms with Crippen molar-refractivity contribution in [3.8, 4) is 5.75 Å². The molecule has 0 bridgehead atoms. The summed E-state index contributed by atoms with van der Waals surface area (Å²) in [5.74, 6) is 0.752. The van der Waals surface area contributed by atoms with Crippen molar-refractivity contribution in [1.82, 2.24) is 4.90 Å². The Hall–Kier alpha value is -2.64. The molecule has 7 heteroatoms. The lowest BCUT2D eigenvalue weighted by molar-refractivity contribution is -0.122. The molecular weight excluding hydrogens is 440 g/mol. The van der Waals surface area contributed by atoms with E-state index in [1.807, 2.05) is 54.6 Å². The zero-order chi connectivity index (χ0) is 22.9. The molecule has 0 spiro atoms. The third-order valence-electron chi connectivity index (χ3n) is 5.25. The highest BCUT2D eigenvalue weighted by Crippen LogP contribution is 2.33. The lowest BCUT2D eigenvalue weighted by Gasteiger charge is -2.14. The number of ether oxygens (including phenoxy) is 1. The molecule has 1 aliphatic rings. The van der Waals surface area contributed by atoms with Crippen LogP contribution in [-0.4, -0.2) is 34.7 Å². The number of rotatable bonds is 10. The molecule has 5 nitrogen and oxygen atoms in total. The van der Waals surface area contributed by atoms with Crippen molar-refractivity contribution < 1.29 is 14.3 Å². The van der Waals surface area contributed by atoms with Gasteiger partial charge in [-0.15, -0.1) is 0 Å². The van der Waals surface area contributed by atoms with E-state index in [0.717, 1.165) is 48.2 Å². The minimum absolute atomic E-state index is 0.0268. The van der Waals surface area contributed by atoms with Crippen LogP contribution in [0.5, 0.6) is 5.75 Å². The van der Waals surface area contributed by atoms with Gasteiger partial charge in [-0.1, -0.05) is 67.7 Å². The van der Waals surface area contributed by atoms with E-state index in [1.54, 1.807) is 12.0 Å². The summed E-state index contributed by atoms with van der Waals surface area (Å²) >= 11 is 6.74. The van der Waals surface area contributed by atoms with Gasteiger partial charge in [0.25, 0.3) is 5.91 Å². The van der Waals surface area contributed by atoms with E-state index >= 15 is 0 Å². The van der Waals surface area contributed by atoms with E-state index in [-0.39, 0.29) is 11.8 Å². The van der Waals surface area contributed by atoms with Crippen LogP contribution in [0.1, 0.15) is 43.7 Å². The van der Waals surface area contributed by atoms with Crippen molar-refractivity contribution in [1.29, 1.82) is 0 Å². The van der Waals surface area contributed by atoms with Crippen LogP contribution in [0.4, 0.5) is 5.69 Å². The van der Waals surface area contributed by atoms with Gasteiger partial charge in [0.1, 0.15) is 10.1 Å². The Labute approximate surface area is 199 Å². The fourth-order valence-electron chi connectivity index (χ4n) is 3.44. The summed E-state index contributed by atoms with van der Waals surface area (Å²) < 4.78 is 5.75. The fourth-order valence-corrected chi connectivity index (χ4v) is 4.75. The Morgan fingerprint density at radius 1 is 1.12 bits per heavy atom. The van der Waals surface area contributed by atoms with Crippen LogP contribution in [0.25, 0.3) is 6.08 Å². The zero-order valence-electron chi connectivity index (χ0n) is 18.4. The molecule has 0 aliphatic carbocycles. The van der Waals surface area contributed by atoms with Crippen molar-refractivity contribution >= 4 is 51.9 Å². The van der Waals surface area contributed by atoms with E-state index < -0.39 is 0 Å². The number of benzene rings is 2. The van der Waals surface area contributed by atoms with Crippen molar-refractivity contribution in [2.24, 2.45) is 0 Å². The Bertz CT molecular complexity index is 1000. The maximum atomic E-state index is 12.7. The molecule has 1 N–H and O–H groups in total. The highest BCUT2D eigenvalue weighted by Gasteiger charge is 2.31. The van der Waals surface area contributed by atoms with Gasteiger partial charge in [-0.3, -0.25) is 14.5 Å². The smallest absolute Gasteiger partial charge is 0.266 e. The third kappa shape index (κ3) is 6.43. The van der Waals surface area contributed by atoms with E-state index in [9.17, 15) is 9.59 Å². The molecule has 1 aliphatic heterocycles. The third-order valence-corrected chi connectivity index (χ3v) is 6.62.